The van der Waals surface area contributed by atoms with Crippen molar-refractivity contribution in [2.24, 2.45) is 11.8 Å². The van der Waals surface area contributed by atoms with Gasteiger partial charge in [-0.25, -0.2) is 4.39 Å². The van der Waals surface area contributed by atoms with Crippen LogP contribution in [-0.2, 0) is 9.59 Å². The second-order valence-corrected chi connectivity index (χ2v) is 6.46. The van der Waals surface area contributed by atoms with Crippen molar-refractivity contribution in [3.8, 4) is 11.5 Å². The normalized spacial score (nSPS) is 19.6. The van der Waals surface area contributed by atoms with Crippen molar-refractivity contribution in [2.45, 2.75) is 25.7 Å². The first-order chi connectivity index (χ1) is 12.5. The molecule has 3 rings (SSSR count). The largest absolute Gasteiger partial charge is 0.481 e. The average molecular weight is 357 g/mol. The molecule has 2 aromatic carbocycles. The summed E-state index contributed by atoms with van der Waals surface area (Å²) in [6.45, 7) is 0. The lowest BCUT2D eigenvalue weighted by molar-refractivity contribution is -0.143. The third kappa shape index (κ3) is 4.59. The molecule has 1 amide bonds. The number of amides is 1. The number of carbonyl (C=O) groups excluding carboxylic acids is 1. The van der Waals surface area contributed by atoms with E-state index in [1.54, 1.807) is 36.4 Å². The summed E-state index contributed by atoms with van der Waals surface area (Å²) in [4.78, 5) is 23.3. The molecule has 0 saturated heterocycles. The Morgan fingerprint density at radius 2 is 1.62 bits per heavy atom. The van der Waals surface area contributed by atoms with Gasteiger partial charge in [-0.15, -0.1) is 0 Å². The lowest BCUT2D eigenvalue weighted by atomic mass is 9.81. The minimum absolute atomic E-state index is 0.0902. The first-order valence-electron chi connectivity index (χ1n) is 8.58. The lowest BCUT2D eigenvalue weighted by Gasteiger charge is -2.25. The molecule has 0 bridgehead atoms. The number of anilines is 1. The number of carboxylic acids is 1. The fourth-order valence-corrected chi connectivity index (χ4v) is 3.12. The summed E-state index contributed by atoms with van der Waals surface area (Å²) in [6, 6.07) is 12.7. The highest BCUT2D eigenvalue weighted by molar-refractivity contribution is 5.92. The van der Waals surface area contributed by atoms with Crippen molar-refractivity contribution < 1.29 is 23.8 Å². The number of ether oxygens (including phenoxy) is 1. The molecule has 0 atom stereocenters. The molecule has 0 spiro atoms. The Balaban J connectivity index is 1.54. The summed E-state index contributed by atoms with van der Waals surface area (Å²) in [5.74, 6) is -0.797. The molecule has 5 nitrogen and oxygen atoms in total. The number of nitrogens with one attached hydrogen (secondary N) is 1. The Morgan fingerprint density at radius 3 is 2.23 bits per heavy atom. The molecule has 136 valence electrons. The van der Waals surface area contributed by atoms with Crippen LogP contribution in [0.4, 0.5) is 10.1 Å². The van der Waals surface area contributed by atoms with Gasteiger partial charge >= 0.3 is 5.97 Å². The summed E-state index contributed by atoms with van der Waals surface area (Å²) in [6.07, 6.45) is 2.24. The van der Waals surface area contributed by atoms with Crippen LogP contribution < -0.4 is 10.1 Å². The predicted octanol–water partition coefficient (Wildman–Crippen LogP) is 4.45. The van der Waals surface area contributed by atoms with Gasteiger partial charge in [-0.3, -0.25) is 9.59 Å². The molecule has 6 heteroatoms. The monoisotopic (exact) mass is 357 g/mol. The topological polar surface area (TPSA) is 75.6 Å². The van der Waals surface area contributed by atoms with Crippen LogP contribution in [0, 0.1) is 17.7 Å². The Bertz CT molecular complexity index is 783. The Hall–Kier alpha value is -2.89. The van der Waals surface area contributed by atoms with Crippen molar-refractivity contribution in [1.29, 1.82) is 0 Å². The van der Waals surface area contributed by atoms with Crippen LogP contribution in [0.25, 0.3) is 0 Å². The molecule has 2 aromatic rings. The van der Waals surface area contributed by atoms with Crippen LogP contribution in [0.15, 0.2) is 48.5 Å². The molecule has 2 N–H and O–H groups in total. The summed E-state index contributed by atoms with van der Waals surface area (Å²) in [7, 11) is 0. The molecule has 1 saturated carbocycles. The molecular weight excluding hydrogens is 337 g/mol. The lowest BCUT2D eigenvalue weighted by Crippen LogP contribution is -2.29. The zero-order chi connectivity index (χ0) is 18.5. The molecule has 0 aliphatic heterocycles. The van der Waals surface area contributed by atoms with Gasteiger partial charge in [0.1, 0.15) is 17.3 Å². The van der Waals surface area contributed by atoms with Crippen LogP contribution >= 0.6 is 0 Å². The number of aliphatic carboxylic acids is 1. The third-order valence-electron chi connectivity index (χ3n) is 4.60. The predicted molar refractivity (Wildman–Crippen MR) is 94.6 cm³/mol. The van der Waals surface area contributed by atoms with Crippen LogP contribution in [0.5, 0.6) is 11.5 Å². The second-order valence-electron chi connectivity index (χ2n) is 6.46. The van der Waals surface area contributed by atoms with Gasteiger partial charge in [-0.2, -0.15) is 0 Å². The van der Waals surface area contributed by atoms with E-state index in [1.807, 2.05) is 0 Å². The highest BCUT2D eigenvalue weighted by Gasteiger charge is 2.29. The molecule has 26 heavy (non-hydrogen) atoms. The molecule has 0 unspecified atom stereocenters. The van der Waals surface area contributed by atoms with Crippen LogP contribution in [0.1, 0.15) is 25.7 Å². The number of carboxylic acid groups (broad SMARTS) is 1. The summed E-state index contributed by atoms with van der Waals surface area (Å²) in [5.41, 5.74) is 0.641. The van der Waals surface area contributed by atoms with Crippen molar-refractivity contribution in [3.63, 3.8) is 0 Å². The van der Waals surface area contributed by atoms with Gasteiger partial charge in [0.2, 0.25) is 5.91 Å². The van der Waals surface area contributed by atoms with Crippen LogP contribution in [-0.4, -0.2) is 17.0 Å². The molecular formula is C20H20FNO4. The van der Waals surface area contributed by atoms with E-state index in [0.29, 0.717) is 42.9 Å². The van der Waals surface area contributed by atoms with Crippen molar-refractivity contribution in [3.05, 3.63) is 54.3 Å². The minimum atomic E-state index is -0.780. The number of halogens is 1. The number of benzene rings is 2. The fraction of sp³-hybridized carbons (Fsp3) is 0.300. The van der Waals surface area contributed by atoms with E-state index in [4.69, 9.17) is 9.84 Å². The highest BCUT2D eigenvalue weighted by atomic mass is 19.1. The third-order valence-corrected chi connectivity index (χ3v) is 4.60. The van der Waals surface area contributed by atoms with E-state index in [1.165, 1.54) is 12.1 Å². The Morgan fingerprint density at radius 1 is 0.962 bits per heavy atom. The number of carbonyl (C=O) groups is 2. The standard InChI is InChI=1S/C20H20FNO4/c21-15-2-1-3-18(12-15)26-17-10-8-16(9-11-17)22-19(23)13-4-6-14(7-5-13)20(24)25/h1-3,8-14H,4-7H2,(H,22,23)(H,24,25). The number of rotatable bonds is 5. The van der Waals surface area contributed by atoms with E-state index in [9.17, 15) is 14.0 Å². The van der Waals surface area contributed by atoms with Gasteiger partial charge in [0.05, 0.1) is 5.92 Å². The van der Waals surface area contributed by atoms with Gasteiger partial charge < -0.3 is 15.2 Å². The van der Waals surface area contributed by atoms with E-state index >= 15 is 0 Å². The molecule has 1 aliphatic rings. The van der Waals surface area contributed by atoms with Gasteiger partial charge in [0.15, 0.2) is 0 Å². The molecule has 0 radical (unpaired) electrons. The molecule has 1 fully saturated rings. The molecule has 0 aromatic heterocycles. The SMILES string of the molecule is O=C(O)C1CCC(C(=O)Nc2ccc(Oc3cccc(F)c3)cc2)CC1. The van der Waals surface area contributed by atoms with Crippen LogP contribution in [0.2, 0.25) is 0 Å². The van der Waals surface area contributed by atoms with Gasteiger partial charge in [0.25, 0.3) is 0 Å². The van der Waals surface area contributed by atoms with Crippen molar-refractivity contribution in [1.82, 2.24) is 0 Å². The quantitative estimate of drug-likeness (QED) is 0.829. The van der Waals surface area contributed by atoms with Gasteiger partial charge in [0, 0.05) is 17.7 Å². The van der Waals surface area contributed by atoms with E-state index in [2.05, 4.69) is 5.32 Å². The van der Waals surface area contributed by atoms with E-state index < -0.39 is 5.97 Å². The summed E-state index contributed by atoms with van der Waals surface area (Å²) >= 11 is 0. The number of hydrogen-bond acceptors (Lipinski definition) is 3. The Kier molecular flexibility index (Phi) is 5.51. The van der Waals surface area contributed by atoms with Gasteiger partial charge in [-0.1, -0.05) is 6.07 Å². The molecule has 0 heterocycles. The average Bonchev–Trinajstić information content (AvgIpc) is 2.63. The highest BCUT2D eigenvalue weighted by Crippen LogP contribution is 2.30. The molecule has 1 aliphatic carbocycles. The zero-order valence-electron chi connectivity index (χ0n) is 14.2. The number of hydrogen-bond donors (Lipinski definition) is 2. The zero-order valence-corrected chi connectivity index (χ0v) is 14.2. The van der Waals surface area contributed by atoms with Crippen molar-refractivity contribution in [2.75, 3.05) is 5.32 Å². The van der Waals surface area contributed by atoms with E-state index in [0.717, 1.165) is 0 Å². The van der Waals surface area contributed by atoms with Gasteiger partial charge in [-0.05, 0) is 62.1 Å². The van der Waals surface area contributed by atoms with E-state index in [-0.39, 0.29) is 23.6 Å². The van der Waals surface area contributed by atoms with Crippen molar-refractivity contribution >= 4 is 17.6 Å². The first kappa shape index (κ1) is 17.9. The summed E-state index contributed by atoms with van der Waals surface area (Å²) < 4.78 is 18.7. The smallest absolute Gasteiger partial charge is 0.306 e. The maximum Gasteiger partial charge on any atom is 0.306 e. The Labute approximate surface area is 150 Å². The van der Waals surface area contributed by atoms with Crippen LogP contribution in [0.3, 0.4) is 0 Å². The summed E-state index contributed by atoms with van der Waals surface area (Å²) in [5, 5.41) is 11.9. The first-order valence-corrected chi connectivity index (χ1v) is 8.58. The maximum absolute atomic E-state index is 13.2. The maximum atomic E-state index is 13.2. The fourth-order valence-electron chi connectivity index (χ4n) is 3.12. The second kappa shape index (κ2) is 7.99. The minimum Gasteiger partial charge on any atom is -0.481 e.